The Morgan fingerprint density at radius 1 is 1.45 bits per heavy atom. The molecule has 0 aliphatic heterocycles. The predicted octanol–water partition coefficient (Wildman–Crippen LogP) is 2.49. The lowest BCUT2D eigenvalue weighted by Gasteiger charge is -2.17. The van der Waals surface area contributed by atoms with Gasteiger partial charge in [-0.2, -0.15) is 0 Å². The van der Waals surface area contributed by atoms with E-state index in [4.69, 9.17) is 0 Å². The van der Waals surface area contributed by atoms with E-state index in [0.717, 1.165) is 12.8 Å². The third-order valence-corrected chi connectivity index (χ3v) is 1.37. The van der Waals surface area contributed by atoms with Gasteiger partial charge in [0.2, 0.25) is 0 Å². The Hall–Kier alpha value is -0.600. The highest BCUT2D eigenvalue weighted by Crippen LogP contribution is 2.19. The van der Waals surface area contributed by atoms with Crippen molar-refractivity contribution in [2.75, 3.05) is 6.54 Å². The van der Waals surface area contributed by atoms with Gasteiger partial charge in [-0.3, -0.25) is 0 Å². The number of carbonyl (C=O) groups excluding carboxylic acids is 1. The molecule has 1 N–H and O–H groups in total. The van der Waals surface area contributed by atoms with E-state index < -0.39 is 6.16 Å². The zero-order valence-electron chi connectivity index (χ0n) is 7.41. The topological polar surface area (TPSA) is 29.1 Å². The van der Waals surface area contributed by atoms with Crippen LogP contribution in [-0.4, -0.2) is 12.7 Å². The molecular weight excluding hydrogens is 145 g/mol. The van der Waals surface area contributed by atoms with Crippen LogP contribution in [0.3, 0.4) is 0 Å². The summed E-state index contributed by atoms with van der Waals surface area (Å²) in [6, 6.07) is 0. The molecule has 2 nitrogen and oxygen atoms in total. The fraction of sp³-hybridized carbons (Fsp3) is 0.875. The highest BCUT2D eigenvalue weighted by molar-refractivity contribution is 5.65. The fourth-order valence-corrected chi connectivity index (χ4v) is 0.805. The summed E-state index contributed by atoms with van der Waals surface area (Å²) in [6.45, 7) is 6.78. The first-order valence-corrected chi connectivity index (χ1v) is 3.85. The minimum absolute atomic E-state index is 0.265. The molecule has 0 spiro atoms. The van der Waals surface area contributed by atoms with Crippen LogP contribution in [0.4, 0.5) is 9.18 Å². The molecule has 0 saturated carbocycles. The number of nitrogens with one attached hydrogen (secondary N) is 1. The quantitative estimate of drug-likeness (QED) is 0.384. The summed E-state index contributed by atoms with van der Waals surface area (Å²) in [7, 11) is 0. The van der Waals surface area contributed by atoms with E-state index in [1.165, 1.54) is 0 Å². The zero-order valence-corrected chi connectivity index (χ0v) is 7.41. The second kappa shape index (κ2) is 4.31. The fourth-order valence-electron chi connectivity index (χ4n) is 0.805. The molecule has 0 unspecified atom stereocenters. The molecule has 0 bridgehead atoms. The number of carbonyl (C=O) groups is 1. The molecule has 0 aromatic heterocycles. The minimum atomic E-state index is -1.43. The first kappa shape index (κ1) is 10.4. The van der Waals surface area contributed by atoms with E-state index in [2.05, 4.69) is 26.1 Å². The van der Waals surface area contributed by atoms with Crippen molar-refractivity contribution in [2.24, 2.45) is 5.41 Å². The van der Waals surface area contributed by atoms with Crippen molar-refractivity contribution in [1.82, 2.24) is 5.32 Å². The van der Waals surface area contributed by atoms with E-state index in [0.29, 0.717) is 6.54 Å². The van der Waals surface area contributed by atoms with E-state index in [1.54, 1.807) is 0 Å². The van der Waals surface area contributed by atoms with E-state index in [9.17, 15) is 9.18 Å². The van der Waals surface area contributed by atoms with Crippen LogP contribution in [0.1, 0.15) is 33.6 Å². The molecule has 0 aliphatic rings. The Bertz CT molecular complexity index is 129. The summed E-state index contributed by atoms with van der Waals surface area (Å²) in [4.78, 5) is 9.79. The van der Waals surface area contributed by atoms with Gasteiger partial charge in [0.05, 0.1) is 0 Å². The van der Waals surface area contributed by atoms with Crippen molar-refractivity contribution >= 4 is 6.16 Å². The Morgan fingerprint density at radius 3 is 2.36 bits per heavy atom. The van der Waals surface area contributed by atoms with Crippen LogP contribution >= 0.6 is 0 Å². The molecule has 0 heterocycles. The van der Waals surface area contributed by atoms with Gasteiger partial charge in [0.15, 0.2) is 0 Å². The highest BCUT2D eigenvalue weighted by atomic mass is 19.1. The molecule has 0 aromatic rings. The molecule has 0 saturated heterocycles. The van der Waals surface area contributed by atoms with E-state index in [1.807, 2.05) is 0 Å². The number of halogens is 1. The maximum Gasteiger partial charge on any atom is 0.397 e. The van der Waals surface area contributed by atoms with E-state index >= 15 is 0 Å². The van der Waals surface area contributed by atoms with Gasteiger partial charge in [-0.05, 0) is 18.3 Å². The zero-order chi connectivity index (χ0) is 8.91. The molecule has 0 aromatic carbocycles. The number of amides is 1. The monoisotopic (exact) mass is 161 g/mol. The Kier molecular flexibility index (Phi) is 4.08. The van der Waals surface area contributed by atoms with Gasteiger partial charge in [0.1, 0.15) is 0 Å². The summed E-state index contributed by atoms with van der Waals surface area (Å²) < 4.78 is 11.6. The average molecular weight is 161 g/mol. The highest BCUT2D eigenvalue weighted by Gasteiger charge is 2.08. The molecule has 0 rings (SSSR count). The number of hydrogen-bond donors (Lipinski definition) is 1. The van der Waals surface area contributed by atoms with Crippen molar-refractivity contribution in [2.45, 2.75) is 33.6 Å². The Labute approximate surface area is 67.2 Å². The van der Waals surface area contributed by atoms with Crippen LogP contribution in [-0.2, 0) is 0 Å². The summed E-state index contributed by atoms with van der Waals surface area (Å²) in [5.41, 5.74) is 0.265. The smallest absolute Gasteiger partial charge is 0.328 e. The van der Waals surface area contributed by atoms with Crippen LogP contribution < -0.4 is 5.32 Å². The Morgan fingerprint density at radius 2 is 2.00 bits per heavy atom. The third-order valence-electron chi connectivity index (χ3n) is 1.37. The largest absolute Gasteiger partial charge is 0.397 e. The van der Waals surface area contributed by atoms with Gasteiger partial charge in [-0.25, -0.2) is 4.79 Å². The lowest BCUT2D eigenvalue weighted by Crippen LogP contribution is -2.20. The predicted molar refractivity (Wildman–Crippen MR) is 43.2 cm³/mol. The van der Waals surface area contributed by atoms with E-state index in [-0.39, 0.29) is 5.41 Å². The number of rotatable bonds is 3. The van der Waals surface area contributed by atoms with Gasteiger partial charge in [-0.15, -0.1) is 4.39 Å². The molecule has 0 aliphatic carbocycles. The second-order valence-electron chi connectivity index (χ2n) is 3.86. The van der Waals surface area contributed by atoms with Crippen LogP contribution in [0, 0.1) is 5.41 Å². The van der Waals surface area contributed by atoms with Crippen molar-refractivity contribution in [3.8, 4) is 0 Å². The van der Waals surface area contributed by atoms with Crippen LogP contribution in [0.25, 0.3) is 0 Å². The third kappa shape index (κ3) is 9.40. The standard InChI is InChI=1S/C8H16FNO/c1-8(2,3)5-4-6-10-7(9)11/h4-6H2,1-3H3,(H,10,11). The van der Waals surface area contributed by atoms with Crippen LogP contribution in [0.2, 0.25) is 0 Å². The van der Waals surface area contributed by atoms with Gasteiger partial charge in [0, 0.05) is 6.54 Å². The SMILES string of the molecule is CC(C)(C)CCCNC(=O)F. The number of hydrogen-bond acceptors (Lipinski definition) is 1. The molecule has 66 valence electrons. The van der Waals surface area contributed by atoms with Crippen LogP contribution in [0.15, 0.2) is 0 Å². The molecule has 0 fully saturated rings. The van der Waals surface area contributed by atoms with Gasteiger partial charge < -0.3 is 5.32 Å². The normalized spacial score (nSPS) is 11.3. The summed E-state index contributed by atoms with van der Waals surface area (Å²) in [5, 5.41) is 2.11. The van der Waals surface area contributed by atoms with Crippen molar-refractivity contribution in [3.05, 3.63) is 0 Å². The van der Waals surface area contributed by atoms with Gasteiger partial charge in [0.25, 0.3) is 0 Å². The van der Waals surface area contributed by atoms with Crippen molar-refractivity contribution in [3.63, 3.8) is 0 Å². The first-order valence-electron chi connectivity index (χ1n) is 3.85. The average Bonchev–Trinajstić information content (AvgIpc) is 1.78. The molecule has 1 amide bonds. The maximum absolute atomic E-state index is 11.6. The molecule has 3 heteroatoms. The summed E-state index contributed by atoms with van der Waals surface area (Å²) >= 11 is 0. The van der Waals surface area contributed by atoms with Gasteiger partial charge in [-0.1, -0.05) is 20.8 Å². The first-order chi connectivity index (χ1) is 4.92. The summed E-state index contributed by atoms with van der Waals surface area (Å²) in [5.74, 6) is 0. The minimum Gasteiger partial charge on any atom is -0.328 e. The summed E-state index contributed by atoms with van der Waals surface area (Å²) in [6.07, 6.45) is 0.394. The van der Waals surface area contributed by atoms with Crippen LogP contribution in [0.5, 0.6) is 0 Å². The lowest BCUT2D eigenvalue weighted by molar-refractivity contribution is 0.220. The molecular formula is C8H16FNO. The Balaban J connectivity index is 3.22. The molecule has 0 atom stereocenters. The van der Waals surface area contributed by atoms with Crippen molar-refractivity contribution in [1.29, 1.82) is 0 Å². The lowest BCUT2D eigenvalue weighted by atomic mass is 9.91. The molecule has 11 heavy (non-hydrogen) atoms. The second-order valence-corrected chi connectivity index (χ2v) is 3.86. The maximum atomic E-state index is 11.6. The van der Waals surface area contributed by atoms with Gasteiger partial charge >= 0.3 is 6.16 Å². The molecule has 0 radical (unpaired) electrons. The van der Waals surface area contributed by atoms with Crippen molar-refractivity contribution < 1.29 is 9.18 Å².